The lowest BCUT2D eigenvalue weighted by atomic mass is 9.90. The molecule has 1 N–H and O–H groups in total. The highest BCUT2D eigenvalue weighted by Gasteiger charge is 2.36. The van der Waals surface area contributed by atoms with E-state index in [-0.39, 0.29) is 29.2 Å². The number of methoxy groups -OCH3 is 1. The minimum absolute atomic E-state index is 0.108. The number of hydrogen-bond acceptors (Lipinski definition) is 8. The normalized spacial score (nSPS) is 22.3. The highest BCUT2D eigenvalue weighted by Crippen LogP contribution is 2.31. The molecule has 2 aromatic rings. The molecule has 1 aliphatic heterocycles. The van der Waals surface area contributed by atoms with Gasteiger partial charge in [-0.05, 0) is 38.3 Å². The minimum Gasteiger partial charge on any atom is -0.493 e. The predicted molar refractivity (Wildman–Crippen MR) is 136 cm³/mol. The van der Waals surface area contributed by atoms with Crippen LogP contribution in [-0.4, -0.2) is 53.5 Å². The number of carbonyl (C=O) groups is 3. The largest absolute Gasteiger partial charge is 0.493 e. The number of aromatic nitrogens is 1. The van der Waals surface area contributed by atoms with Crippen molar-refractivity contribution in [2.75, 3.05) is 12.4 Å². The van der Waals surface area contributed by atoms with Crippen LogP contribution in [0.15, 0.2) is 42.6 Å². The molecule has 9 nitrogen and oxygen atoms in total. The maximum Gasteiger partial charge on any atom is 0.329 e. The monoisotopic (exact) mass is 562 g/mol. The van der Waals surface area contributed by atoms with Crippen LogP contribution in [0.5, 0.6) is 17.2 Å². The van der Waals surface area contributed by atoms with E-state index >= 15 is 0 Å². The van der Waals surface area contributed by atoms with E-state index in [0.717, 1.165) is 18.2 Å². The molecule has 0 aliphatic carbocycles. The maximum atomic E-state index is 13.1. The topological polar surface area (TPSA) is 113 Å². The van der Waals surface area contributed by atoms with Crippen molar-refractivity contribution in [3.05, 3.63) is 48.3 Å². The van der Waals surface area contributed by atoms with Crippen molar-refractivity contribution in [3.63, 3.8) is 0 Å². The molecule has 1 aromatic carbocycles. The zero-order valence-corrected chi connectivity index (χ0v) is 22.2. The van der Waals surface area contributed by atoms with Gasteiger partial charge in [0.2, 0.25) is 5.75 Å². The Kier molecular flexibility index (Phi) is 10.1. The van der Waals surface area contributed by atoms with Gasteiger partial charge in [-0.25, -0.2) is 9.78 Å². The van der Waals surface area contributed by atoms with E-state index in [1.165, 1.54) is 26.3 Å². The van der Waals surface area contributed by atoms with Gasteiger partial charge < -0.3 is 24.3 Å². The van der Waals surface area contributed by atoms with Crippen LogP contribution in [0.4, 0.5) is 0 Å². The number of benzene rings is 1. The Morgan fingerprint density at radius 1 is 1.19 bits per heavy atom. The number of cyclic esters (lactones) is 1. The Morgan fingerprint density at radius 2 is 1.94 bits per heavy atom. The number of nitrogens with one attached hydrogen (secondary N) is 1. The fraction of sp³-hybridized carbons (Fsp3) is 0.462. The fourth-order valence-electron chi connectivity index (χ4n) is 4.23. The summed E-state index contributed by atoms with van der Waals surface area (Å²) < 4.78 is 22.5. The lowest BCUT2D eigenvalue weighted by Gasteiger charge is -2.31. The van der Waals surface area contributed by atoms with Crippen molar-refractivity contribution >= 4 is 33.8 Å². The van der Waals surface area contributed by atoms with Crippen LogP contribution < -0.4 is 19.5 Å². The van der Waals surface area contributed by atoms with E-state index in [1.54, 1.807) is 6.92 Å². The molecular weight excluding hydrogens is 532 g/mol. The van der Waals surface area contributed by atoms with Gasteiger partial charge in [0, 0.05) is 30.4 Å². The van der Waals surface area contributed by atoms with Crippen LogP contribution in [0.1, 0.15) is 50.0 Å². The molecule has 0 spiro atoms. The molecule has 1 fully saturated rings. The van der Waals surface area contributed by atoms with Gasteiger partial charge >= 0.3 is 11.9 Å². The Bertz CT molecular complexity index is 1050. The summed E-state index contributed by atoms with van der Waals surface area (Å²) in [5.74, 6) is -0.956. The van der Waals surface area contributed by atoms with Crippen molar-refractivity contribution in [3.8, 4) is 17.2 Å². The summed E-state index contributed by atoms with van der Waals surface area (Å²) in [6, 6.07) is 10.0. The van der Waals surface area contributed by atoms with E-state index in [1.807, 2.05) is 30.3 Å². The second kappa shape index (κ2) is 13.2. The summed E-state index contributed by atoms with van der Waals surface area (Å²) >= 11 is 3.53. The molecule has 1 aromatic heterocycles. The number of nitrogens with zero attached hydrogens (tertiary/aromatic N) is 1. The Labute approximate surface area is 219 Å². The van der Waals surface area contributed by atoms with Gasteiger partial charge in [0.25, 0.3) is 5.91 Å². The summed E-state index contributed by atoms with van der Waals surface area (Å²) in [5, 5.41) is 3.49. The molecule has 0 bridgehead atoms. The van der Waals surface area contributed by atoms with Gasteiger partial charge in [-0.15, -0.1) is 0 Å². The molecule has 2 heterocycles. The second-order valence-corrected chi connectivity index (χ2v) is 9.31. The quantitative estimate of drug-likeness (QED) is 0.378. The number of carbonyl (C=O) groups excluding carboxylic acids is 3. The molecule has 10 heteroatoms. The first-order chi connectivity index (χ1) is 17.3. The fourth-order valence-corrected chi connectivity index (χ4v) is 4.82. The first-order valence-corrected chi connectivity index (χ1v) is 13.0. The average Bonchev–Trinajstić information content (AvgIpc) is 2.90. The zero-order valence-electron chi connectivity index (χ0n) is 20.6. The van der Waals surface area contributed by atoms with E-state index in [9.17, 15) is 14.4 Å². The van der Waals surface area contributed by atoms with Crippen molar-refractivity contribution in [1.82, 2.24) is 10.3 Å². The van der Waals surface area contributed by atoms with Gasteiger partial charge in [0.1, 0.15) is 24.0 Å². The van der Waals surface area contributed by atoms with Gasteiger partial charge in [-0.3, -0.25) is 9.59 Å². The third-order valence-electron chi connectivity index (χ3n) is 5.93. The summed E-state index contributed by atoms with van der Waals surface area (Å²) in [5.41, 5.74) is -0.160. The molecule has 194 valence electrons. The van der Waals surface area contributed by atoms with E-state index < -0.39 is 30.0 Å². The number of amides is 1. The van der Waals surface area contributed by atoms with Crippen LogP contribution in [0.25, 0.3) is 0 Å². The summed E-state index contributed by atoms with van der Waals surface area (Å²) in [6.45, 7) is 3.02. The SMILES string of the molecule is COc1ccnc(C(=O)NC2CCCC(CCBr)C(Oc3ccccc3)C(C)OC2=O)c1OC(C)=O. The van der Waals surface area contributed by atoms with Gasteiger partial charge in [-0.2, -0.15) is 0 Å². The maximum absolute atomic E-state index is 13.1. The molecule has 1 saturated heterocycles. The van der Waals surface area contributed by atoms with Crippen LogP contribution in [-0.2, 0) is 14.3 Å². The lowest BCUT2D eigenvalue weighted by molar-refractivity contribution is -0.156. The number of para-hydroxylation sites is 1. The number of halogens is 1. The van der Waals surface area contributed by atoms with Crippen LogP contribution in [0.3, 0.4) is 0 Å². The number of pyridine rings is 1. The van der Waals surface area contributed by atoms with Crippen molar-refractivity contribution in [1.29, 1.82) is 0 Å². The standard InChI is InChI=1S/C26H31BrN2O7/c1-16-23(36-19-9-5-4-6-10-19)18(12-14-27)8-7-11-20(26(32)34-16)29-25(31)22-24(35-17(2)30)21(33-3)13-15-28-22/h4-6,9-10,13,15-16,18,20,23H,7-8,11-12,14H2,1-3H3,(H,29,31). The Hall–Kier alpha value is -3.14. The number of esters is 2. The first-order valence-electron chi connectivity index (χ1n) is 11.8. The summed E-state index contributed by atoms with van der Waals surface area (Å²) in [6.07, 6.45) is 3.13. The van der Waals surface area contributed by atoms with E-state index in [2.05, 4.69) is 26.2 Å². The zero-order chi connectivity index (χ0) is 26.1. The van der Waals surface area contributed by atoms with Gasteiger partial charge in [0.15, 0.2) is 11.4 Å². The van der Waals surface area contributed by atoms with E-state index in [4.69, 9.17) is 18.9 Å². The molecule has 4 unspecified atom stereocenters. The van der Waals surface area contributed by atoms with Crippen molar-refractivity contribution in [2.24, 2.45) is 5.92 Å². The predicted octanol–water partition coefficient (Wildman–Crippen LogP) is 4.08. The van der Waals surface area contributed by atoms with Gasteiger partial charge in [-0.1, -0.05) is 40.5 Å². The van der Waals surface area contributed by atoms with Crippen LogP contribution in [0.2, 0.25) is 0 Å². The van der Waals surface area contributed by atoms with Crippen LogP contribution in [0, 0.1) is 5.92 Å². The number of rotatable bonds is 8. The summed E-state index contributed by atoms with van der Waals surface area (Å²) in [4.78, 5) is 41.9. The van der Waals surface area contributed by atoms with Crippen LogP contribution >= 0.6 is 15.9 Å². The Balaban J connectivity index is 1.80. The molecule has 4 atom stereocenters. The average molecular weight is 563 g/mol. The highest BCUT2D eigenvalue weighted by atomic mass is 79.9. The highest BCUT2D eigenvalue weighted by molar-refractivity contribution is 9.09. The molecular formula is C26H31BrN2O7. The third-order valence-corrected chi connectivity index (χ3v) is 6.39. The smallest absolute Gasteiger partial charge is 0.329 e. The number of hydrogen-bond donors (Lipinski definition) is 1. The van der Waals surface area contributed by atoms with Crippen molar-refractivity contribution in [2.45, 2.75) is 57.8 Å². The molecule has 0 radical (unpaired) electrons. The lowest BCUT2D eigenvalue weighted by Crippen LogP contribution is -2.45. The molecule has 1 amide bonds. The molecule has 1 aliphatic rings. The Morgan fingerprint density at radius 3 is 2.61 bits per heavy atom. The van der Waals surface area contributed by atoms with Gasteiger partial charge in [0.05, 0.1) is 7.11 Å². The number of alkyl halides is 1. The molecule has 0 saturated carbocycles. The van der Waals surface area contributed by atoms with Crippen molar-refractivity contribution < 1.29 is 33.3 Å². The second-order valence-electron chi connectivity index (χ2n) is 8.52. The third kappa shape index (κ3) is 7.19. The molecule has 3 rings (SSSR count). The minimum atomic E-state index is -0.904. The summed E-state index contributed by atoms with van der Waals surface area (Å²) in [7, 11) is 1.39. The number of ether oxygens (including phenoxy) is 4. The molecule has 36 heavy (non-hydrogen) atoms. The first kappa shape index (κ1) is 27.4. The van der Waals surface area contributed by atoms with E-state index in [0.29, 0.717) is 18.6 Å².